The van der Waals surface area contributed by atoms with Crippen LogP contribution in [0.5, 0.6) is 0 Å². The van der Waals surface area contributed by atoms with E-state index in [1.54, 1.807) is 6.20 Å². The molecule has 0 radical (unpaired) electrons. The van der Waals surface area contributed by atoms with E-state index in [1.807, 2.05) is 0 Å². The Balaban J connectivity index is 2.50. The molecule has 1 aliphatic heterocycles. The van der Waals surface area contributed by atoms with Crippen molar-refractivity contribution in [2.24, 2.45) is 0 Å². The molecule has 0 unspecified atom stereocenters. The summed E-state index contributed by atoms with van der Waals surface area (Å²) >= 11 is 2.10. The molecule has 166 valence electrons. The van der Waals surface area contributed by atoms with Crippen LogP contribution in [-0.2, 0) is 47.3 Å². The van der Waals surface area contributed by atoms with Crippen LogP contribution in [0.15, 0.2) is 6.20 Å². The van der Waals surface area contributed by atoms with Crippen LogP contribution in [0, 0.1) is 0 Å². The Morgan fingerprint density at radius 2 is 1.53 bits per heavy atom. The molecule has 0 saturated carbocycles. The molecule has 30 heavy (non-hydrogen) atoms. The summed E-state index contributed by atoms with van der Waals surface area (Å²) < 4.78 is 28.9. The van der Waals surface area contributed by atoms with Crippen molar-refractivity contribution in [2.75, 3.05) is 6.61 Å². The van der Waals surface area contributed by atoms with E-state index in [1.165, 1.54) is 18.5 Å². The Morgan fingerprint density at radius 3 is 2.03 bits per heavy atom. The first-order chi connectivity index (χ1) is 14.1. The van der Waals surface area contributed by atoms with Gasteiger partial charge in [-0.2, -0.15) is 0 Å². The van der Waals surface area contributed by atoms with Crippen molar-refractivity contribution in [1.29, 1.82) is 0 Å². The lowest BCUT2D eigenvalue weighted by molar-refractivity contribution is -0.270. The van der Waals surface area contributed by atoms with Gasteiger partial charge in [-0.1, -0.05) is 27.8 Å². The Bertz CT molecular complexity index is 799. The summed E-state index contributed by atoms with van der Waals surface area (Å²) in [6, 6.07) is 0. The van der Waals surface area contributed by atoms with Crippen LogP contribution in [0.2, 0.25) is 0 Å². The fourth-order valence-electron chi connectivity index (χ4n) is 2.92. The third-order valence-electron chi connectivity index (χ3n) is 3.92. The molecule has 1 aromatic heterocycles. The zero-order valence-corrected chi connectivity index (χ0v) is 18.9. The molecule has 0 aliphatic carbocycles. The number of nitrogens with zero attached hydrogens (tertiary/aromatic N) is 3. The number of carbonyl (C=O) groups excluding carboxylic acids is 4. The topological polar surface area (TPSA) is 145 Å². The zero-order valence-electron chi connectivity index (χ0n) is 16.8. The van der Waals surface area contributed by atoms with Gasteiger partial charge in [0.05, 0.1) is 11.9 Å². The average molecular weight is 539 g/mol. The minimum atomic E-state index is -1.25. The maximum Gasteiger partial charge on any atom is 0.303 e. The number of esters is 4. The van der Waals surface area contributed by atoms with Gasteiger partial charge in [-0.05, 0) is 0 Å². The average Bonchev–Trinajstić information content (AvgIpc) is 3.11. The van der Waals surface area contributed by atoms with Crippen molar-refractivity contribution >= 4 is 46.5 Å². The second-order valence-corrected chi connectivity index (χ2v) is 7.18. The van der Waals surface area contributed by atoms with Gasteiger partial charge in [-0.25, -0.2) is 4.68 Å². The van der Waals surface area contributed by atoms with Crippen molar-refractivity contribution < 1.29 is 42.9 Å². The SMILES string of the molecule is CC(=O)OC[C@@H]1O[C@@H](n2cc(CI)nn2)[C@@H](OC(C)=O)[C@@H](OC(C)=O)[C@H]1OC(C)=O. The highest BCUT2D eigenvalue weighted by Crippen LogP contribution is 2.34. The molecule has 1 aliphatic rings. The lowest BCUT2D eigenvalue weighted by atomic mass is 9.97. The van der Waals surface area contributed by atoms with Crippen LogP contribution in [0.4, 0.5) is 0 Å². The molecular weight excluding hydrogens is 517 g/mol. The summed E-state index contributed by atoms with van der Waals surface area (Å²) in [6.45, 7) is 4.39. The van der Waals surface area contributed by atoms with Gasteiger partial charge in [0.25, 0.3) is 0 Å². The molecule has 13 heteroatoms. The molecule has 1 fully saturated rings. The molecule has 0 aromatic carbocycles. The largest absolute Gasteiger partial charge is 0.463 e. The maximum absolute atomic E-state index is 11.8. The first kappa shape index (κ1) is 24.0. The summed E-state index contributed by atoms with van der Waals surface area (Å²) in [5.74, 6) is -2.66. The van der Waals surface area contributed by atoms with Gasteiger partial charge in [0.2, 0.25) is 0 Å². The van der Waals surface area contributed by atoms with Gasteiger partial charge in [-0.15, -0.1) is 5.10 Å². The van der Waals surface area contributed by atoms with Gasteiger partial charge in [-0.3, -0.25) is 19.2 Å². The number of aromatic nitrogens is 3. The minimum Gasteiger partial charge on any atom is -0.463 e. The van der Waals surface area contributed by atoms with Crippen molar-refractivity contribution in [1.82, 2.24) is 15.0 Å². The van der Waals surface area contributed by atoms with E-state index in [9.17, 15) is 19.2 Å². The molecular formula is C17H22IN3O9. The third-order valence-corrected chi connectivity index (χ3v) is 4.70. The maximum atomic E-state index is 11.8. The van der Waals surface area contributed by atoms with Crippen LogP contribution in [0.25, 0.3) is 0 Å². The summed E-state index contributed by atoms with van der Waals surface area (Å²) in [7, 11) is 0. The minimum absolute atomic E-state index is 0.303. The second kappa shape index (κ2) is 10.7. The van der Waals surface area contributed by atoms with Gasteiger partial charge < -0.3 is 23.7 Å². The molecule has 0 spiro atoms. The van der Waals surface area contributed by atoms with E-state index in [2.05, 4.69) is 32.9 Å². The Labute approximate surface area is 185 Å². The quantitative estimate of drug-likeness (QED) is 0.206. The molecule has 1 aromatic rings. The standard InChI is InChI=1S/C17H22IN3O9/c1-8(22)26-7-13-14(27-9(2)23)15(28-10(3)24)16(29-11(4)25)17(30-13)21-6-12(5-18)19-20-21/h6,13-17H,5,7H2,1-4H3/t13-,14-,15-,16-,17+/m0/s1. The van der Waals surface area contributed by atoms with Gasteiger partial charge in [0, 0.05) is 32.1 Å². The molecule has 0 bridgehead atoms. The number of hydrogen-bond donors (Lipinski definition) is 0. The zero-order chi connectivity index (χ0) is 22.4. The smallest absolute Gasteiger partial charge is 0.303 e. The van der Waals surface area contributed by atoms with E-state index in [0.717, 1.165) is 13.8 Å². The van der Waals surface area contributed by atoms with Gasteiger partial charge >= 0.3 is 23.9 Å². The number of ether oxygens (including phenoxy) is 5. The van der Waals surface area contributed by atoms with E-state index < -0.39 is 54.5 Å². The number of halogens is 1. The third kappa shape index (κ3) is 6.35. The monoisotopic (exact) mass is 539 g/mol. The number of rotatable bonds is 7. The highest BCUT2D eigenvalue weighted by atomic mass is 127. The molecule has 1 saturated heterocycles. The van der Waals surface area contributed by atoms with Crippen LogP contribution in [-0.4, -0.2) is 69.9 Å². The molecule has 5 atom stereocenters. The normalized spacial score (nSPS) is 25.8. The van der Waals surface area contributed by atoms with Crippen molar-refractivity contribution in [2.45, 2.75) is 62.8 Å². The number of hydrogen-bond acceptors (Lipinski definition) is 11. The van der Waals surface area contributed by atoms with Crippen LogP contribution in [0.1, 0.15) is 39.6 Å². The van der Waals surface area contributed by atoms with E-state index >= 15 is 0 Å². The Hall–Kier alpha value is -2.29. The van der Waals surface area contributed by atoms with E-state index in [0.29, 0.717) is 10.1 Å². The summed E-state index contributed by atoms with van der Waals surface area (Å²) in [5, 5.41) is 7.97. The van der Waals surface area contributed by atoms with Crippen LogP contribution in [0.3, 0.4) is 0 Å². The Kier molecular flexibility index (Phi) is 8.52. The lowest BCUT2D eigenvalue weighted by Crippen LogP contribution is -2.60. The van der Waals surface area contributed by atoms with Gasteiger partial charge in [0.15, 0.2) is 24.5 Å². The van der Waals surface area contributed by atoms with Crippen LogP contribution < -0.4 is 0 Å². The summed E-state index contributed by atoms with van der Waals surface area (Å²) in [4.78, 5) is 46.5. The first-order valence-corrected chi connectivity index (χ1v) is 10.4. The molecule has 0 N–H and O–H groups in total. The van der Waals surface area contributed by atoms with Crippen molar-refractivity contribution in [3.63, 3.8) is 0 Å². The summed E-state index contributed by atoms with van der Waals surface area (Å²) in [5.41, 5.74) is 0.628. The first-order valence-electron chi connectivity index (χ1n) is 8.89. The highest BCUT2D eigenvalue weighted by molar-refractivity contribution is 14.1. The fourth-order valence-corrected chi connectivity index (χ4v) is 3.27. The molecule has 0 amide bonds. The van der Waals surface area contributed by atoms with E-state index in [4.69, 9.17) is 23.7 Å². The van der Waals surface area contributed by atoms with E-state index in [-0.39, 0.29) is 6.61 Å². The predicted octanol–water partition coefficient (Wildman–Crippen LogP) is 0.469. The highest BCUT2D eigenvalue weighted by Gasteiger charge is 2.53. The number of carbonyl (C=O) groups is 4. The Morgan fingerprint density at radius 1 is 0.967 bits per heavy atom. The summed E-state index contributed by atoms with van der Waals surface area (Å²) in [6.07, 6.45) is -4.22. The van der Waals surface area contributed by atoms with Crippen molar-refractivity contribution in [3.05, 3.63) is 11.9 Å². The predicted molar refractivity (Wildman–Crippen MR) is 105 cm³/mol. The van der Waals surface area contributed by atoms with Gasteiger partial charge in [0.1, 0.15) is 12.7 Å². The second-order valence-electron chi connectivity index (χ2n) is 6.41. The molecule has 2 heterocycles. The number of alkyl halides is 1. The van der Waals surface area contributed by atoms with Crippen molar-refractivity contribution in [3.8, 4) is 0 Å². The molecule has 12 nitrogen and oxygen atoms in total. The molecule has 2 rings (SSSR count). The van der Waals surface area contributed by atoms with Crippen LogP contribution >= 0.6 is 22.6 Å². The fraction of sp³-hybridized carbons (Fsp3) is 0.647. The lowest BCUT2D eigenvalue weighted by Gasteiger charge is -2.44.